The van der Waals surface area contributed by atoms with Gasteiger partial charge in [0.25, 0.3) is 0 Å². The van der Waals surface area contributed by atoms with Crippen LogP contribution >= 0.6 is 0 Å². The van der Waals surface area contributed by atoms with E-state index in [4.69, 9.17) is 4.74 Å². The molecule has 1 rings (SSSR count). The molecule has 0 aliphatic carbocycles. The largest absolute Gasteiger partial charge is 0.460 e. The number of carbonyl (C=O) groups excluding carboxylic acids is 1. The quantitative estimate of drug-likeness (QED) is 0.690. The first-order chi connectivity index (χ1) is 7.40. The Morgan fingerprint density at radius 2 is 2.25 bits per heavy atom. The predicted molar refractivity (Wildman–Crippen MR) is 65.7 cm³/mol. The summed E-state index contributed by atoms with van der Waals surface area (Å²) in [5.41, 5.74) is 0.812. The monoisotopic (exact) mass is 223 g/mol. The van der Waals surface area contributed by atoms with Gasteiger partial charge in [-0.05, 0) is 32.8 Å². The maximum atomic E-state index is 11.6. The standard InChI is InChI=1S/C13H21NO2/c1-5-10-6-11(9-14-8-10)7-12(15)16-13(2,3)4/h6,8,11H,5,7,9H2,1-4H3. The smallest absolute Gasteiger partial charge is 0.306 e. The number of esters is 1. The molecule has 0 saturated heterocycles. The molecule has 0 aromatic heterocycles. The van der Waals surface area contributed by atoms with Gasteiger partial charge in [0, 0.05) is 18.7 Å². The van der Waals surface area contributed by atoms with Gasteiger partial charge >= 0.3 is 5.97 Å². The molecule has 16 heavy (non-hydrogen) atoms. The zero-order chi connectivity index (χ0) is 12.2. The lowest BCUT2D eigenvalue weighted by atomic mass is 9.99. The summed E-state index contributed by atoms with van der Waals surface area (Å²) >= 11 is 0. The molecule has 0 aromatic rings. The first-order valence-electron chi connectivity index (χ1n) is 5.83. The second-order valence-electron chi connectivity index (χ2n) is 5.14. The number of aliphatic imine (C=N–C) groups is 1. The molecule has 0 radical (unpaired) electrons. The number of rotatable bonds is 3. The predicted octanol–water partition coefficient (Wildman–Crippen LogP) is 2.76. The van der Waals surface area contributed by atoms with E-state index in [0.29, 0.717) is 13.0 Å². The zero-order valence-corrected chi connectivity index (χ0v) is 10.6. The first kappa shape index (κ1) is 12.9. The van der Waals surface area contributed by atoms with Gasteiger partial charge < -0.3 is 4.74 Å². The molecule has 0 fully saturated rings. The molecule has 1 atom stereocenters. The van der Waals surface area contributed by atoms with Gasteiger partial charge in [0.2, 0.25) is 0 Å². The van der Waals surface area contributed by atoms with Crippen molar-refractivity contribution in [2.24, 2.45) is 10.9 Å². The summed E-state index contributed by atoms with van der Waals surface area (Å²) in [5, 5.41) is 0. The summed E-state index contributed by atoms with van der Waals surface area (Å²) in [4.78, 5) is 15.9. The van der Waals surface area contributed by atoms with Crippen LogP contribution in [0.4, 0.5) is 0 Å². The van der Waals surface area contributed by atoms with Crippen LogP contribution in [0.25, 0.3) is 0 Å². The van der Waals surface area contributed by atoms with E-state index in [9.17, 15) is 4.79 Å². The van der Waals surface area contributed by atoms with E-state index in [1.807, 2.05) is 27.0 Å². The lowest BCUT2D eigenvalue weighted by Crippen LogP contribution is -2.26. The molecule has 0 bridgehead atoms. The van der Waals surface area contributed by atoms with Crippen LogP contribution in [0, 0.1) is 5.92 Å². The van der Waals surface area contributed by atoms with Crippen molar-refractivity contribution < 1.29 is 9.53 Å². The van der Waals surface area contributed by atoms with Crippen molar-refractivity contribution in [1.29, 1.82) is 0 Å². The highest BCUT2D eigenvalue weighted by molar-refractivity contribution is 5.80. The van der Waals surface area contributed by atoms with E-state index >= 15 is 0 Å². The van der Waals surface area contributed by atoms with E-state index < -0.39 is 5.60 Å². The van der Waals surface area contributed by atoms with E-state index in [0.717, 1.165) is 6.42 Å². The minimum atomic E-state index is -0.397. The highest BCUT2D eigenvalue weighted by Crippen LogP contribution is 2.17. The van der Waals surface area contributed by atoms with Crippen molar-refractivity contribution >= 4 is 12.2 Å². The molecular formula is C13H21NO2. The summed E-state index contributed by atoms with van der Waals surface area (Å²) in [7, 11) is 0. The minimum absolute atomic E-state index is 0.138. The maximum absolute atomic E-state index is 11.6. The molecule has 3 heteroatoms. The van der Waals surface area contributed by atoms with Gasteiger partial charge in [-0.3, -0.25) is 9.79 Å². The molecule has 1 aliphatic rings. The SMILES string of the molecule is CCC1=CC(CC(=O)OC(C)(C)C)CN=C1. The normalized spacial score (nSPS) is 20.5. The third-order valence-electron chi connectivity index (χ3n) is 2.30. The number of carbonyl (C=O) groups is 1. The van der Waals surface area contributed by atoms with E-state index in [-0.39, 0.29) is 11.9 Å². The Balaban J connectivity index is 2.47. The van der Waals surface area contributed by atoms with Gasteiger partial charge in [0.1, 0.15) is 5.60 Å². The number of dihydropyridines is 1. The van der Waals surface area contributed by atoms with Gasteiger partial charge in [-0.2, -0.15) is 0 Å². The number of hydrogen-bond acceptors (Lipinski definition) is 3. The number of nitrogens with zero attached hydrogens (tertiary/aromatic N) is 1. The fourth-order valence-corrected chi connectivity index (χ4v) is 1.63. The van der Waals surface area contributed by atoms with Crippen LogP contribution in [0.5, 0.6) is 0 Å². The third-order valence-corrected chi connectivity index (χ3v) is 2.30. The molecule has 1 heterocycles. The Kier molecular flexibility index (Phi) is 4.27. The molecule has 90 valence electrons. The van der Waals surface area contributed by atoms with Crippen molar-refractivity contribution in [3.05, 3.63) is 11.6 Å². The Bertz CT molecular complexity index is 310. The Hall–Kier alpha value is -1.12. The molecular weight excluding hydrogens is 202 g/mol. The summed E-state index contributed by atoms with van der Waals surface area (Å²) < 4.78 is 5.29. The Morgan fingerprint density at radius 1 is 1.56 bits per heavy atom. The average molecular weight is 223 g/mol. The summed E-state index contributed by atoms with van der Waals surface area (Å²) in [5.74, 6) is 0.0658. The van der Waals surface area contributed by atoms with Gasteiger partial charge in [-0.1, -0.05) is 13.0 Å². The summed E-state index contributed by atoms with van der Waals surface area (Å²) in [6, 6.07) is 0. The van der Waals surface area contributed by atoms with Crippen LogP contribution in [-0.2, 0) is 9.53 Å². The Labute approximate surface area is 97.6 Å². The molecule has 0 aromatic carbocycles. The van der Waals surface area contributed by atoms with E-state index in [1.54, 1.807) is 0 Å². The van der Waals surface area contributed by atoms with Crippen LogP contribution in [0.15, 0.2) is 16.6 Å². The van der Waals surface area contributed by atoms with Crippen molar-refractivity contribution in [3.8, 4) is 0 Å². The average Bonchev–Trinajstić information content (AvgIpc) is 2.15. The summed E-state index contributed by atoms with van der Waals surface area (Å²) in [6.45, 7) is 8.45. The molecule has 0 saturated carbocycles. The highest BCUT2D eigenvalue weighted by Gasteiger charge is 2.20. The van der Waals surface area contributed by atoms with Crippen molar-refractivity contribution in [2.75, 3.05) is 6.54 Å². The molecule has 1 unspecified atom stereocenters. The van der Waals surface area contributed by atoms with Gasteiger partial charge in [-0.15, -0.1) is 0 Å². The topological polar surface area (TPSA) is 38.7 Å². The van der Waals surface area contributed by atoms with Crippen molar-refractivity contribution in [2.45, 2.75) is 46.1 Å². The van der Waals surface area contributed by atoms with Crippen LogP contribution in [0.2, 0.25) is 0 Å². The van der Waals surface area contributed by atoms with Crippen molar-refractivity contribution in [3.63, 3.8) is 0 Å². The summed E-state index contributed by atoms with van der Waals surface area (Å²) in [6.07, 6.45) is 5.43. The minimum Gasteiger partial charge on any atom is -0.460 e. The van der Waals surface area contributed by atoms with E-state index in [1.165, 1.54) is 5.57 Å². The highest BCUT2D eigenvalue weighted by atomic mass is 16.6. The second-order valence-corrected chi connectivity index (χ2v) is 5.14. The molecule has 0 spiro atoms. The van der Waals surface area contributed by atoms with Crippen molar-refractivity contribution in [1.82, 2.24) is 0 Å². The molecule has 3 nitrogen and oxygen atoms in total. The number of hydrogen-bond donors (Lipinski definition) is 0. The lowest BCUT2D eigenvalue weighted by molar-refractivity contribution is -0.155. The third kappa shape index (κ3) is 4.60. The van der Waals surface area contributed by atoms with Gasteiger partial charge in [0.15, 0.2) is 0 Å². The van der Waals surface area contributed by atoms with Gasteiger partial charge in [0.05, 0.1) is 6.42 Å². The lowest BCUT2D eigenvalue weighted by Gasteiger charge is -2.21. The number of ether oxygens (including phenoxy) is 1. The molecule has 0 amide bonds. The molecule has 1 aliphatic heterocycles. The number of allylic oxidation sites excluding steroid dienone is 1. The fraction of sp³-hybridized carbons (Fsp3) is 0.692. The first-order valence-corrected chi connectivity index (χ1v) is 5.83. The van der Waals surface area contributed by atoms with Crippen LogP contribution in [0.3, 0.4) is 0 Å². The second kappa shape index (κ2) is 5.28. The fourth-order valence-electron chi connectivity index (χ4n) is 1.63. The van der Waals surface area contributed by atoms with Crippen LogP contribution in [0.1, 0.15) is 40.5 Å². The van der Waals surface area contributed by atoms with Crippen LogP contribution in [-0.4, -0.2) is 24.3 Å². The van der Waals surface area contributed by atoms with Gasteiger partial charge in [-0.25, -0.2) is 0 Å². The Morgan fingerprint density at radius 3 is 2.81 bits per heavy atom. The zero-order valence-electron chi connectivity index (χ0n) is 10.6. The maximum Gasteiger partial charge on any atom is 0.306 e. The van der Waals surface area contributed by atoms with E-state index in [2.05, 4.69) is 18.0 Å². The molecule has 0 N–H and O–H groups in total. The van der Waals surface area contributed by atoms with Crippen LogP contribution < -0.4 is 0 Å².